The number of phenols is 1. The summed E-state index contributed by atoms with van der Waals surface area (Å²) in [6.45, 7) is 1.09. The summed E-state index contributed by atoms with van der Waals surface area (Å²) in [5.74, 6) is 0.997. The highest BCUT2D eigenvalue weighted by Gasteiger charge is 2.04. The summed E-state index contributed by atoms with van der Waals surface area (Å²) in [6, 6.07) is 15.2. The van der Waals surface area contributed by atoms with E-state index >= 15 is 0 Å². The molecular formula is C16H15NO2S. The molecule has 1 heterocycles. The number of aromatic hydroxyl groups is 1. The SMILES string of the molecule is NCc1ccc2cc(COc3ccc(O)cc3)sc2c1. The Morgan fingerprint density at radius 1 is 1.05 bits per heavy atom. The van der Waals surface area contributed by atoms with Crippen molar-refractivity contribution in [2.75, 3.05) is 0 Å². The van der Waals surface area contributed by atoms with Crippen molar-refractivity contribution in [1.29, 1.82) is 0 Å². The first kappa shape index (κ1) is 13.0. The fourth-order valence-electron chi connectivity index (χ4n) is 2.03. The lowest BCUT2D eigenvalue weighted by atomic mass is 10.2. The number of nitrogens with two attached hydrogens (primary N) is 1. The first-order valence-corrected chi connectivity index (χ1v) is 7.19. The van der Waals surface area contributed by atoms with Gasteiger partial charge in [-0.25, -0.2) is 0 Å². The third-order valence-corrected chi connectivity index (χ3v) is 4.16. The molecule has 0 saturated carbocycles. The topological polar surface area (TPSA) is 55.5 Å². The molecule has 2 aromatic carbocycles. The summed E-state index contributed by atoms with van der Waals surface area (Å²) in [5.41, 5.74) is 6.80. The maximum absolute atomic E-state index is 9.22. The largest absolute Gasteiger partial charge is 0.508 e. The molecule has 0 spiro atoms. The molecule has 0 unspecified atom stereocenters. The number of benzene rings is 2. The van der Waals surface area contributed by atoms with Crippen LogP contribution in [0.2, 0.25) is 0 Å². The van der Waals surface area contributed by atoms with Gasteiger partial charge in [0.25, 0.3) is 0 Å². The van der Waals surface area contributed by atoms with Gasteiger partial charge in [-0.2, -0.15) is 0 Å². The molecule has 3 rings (SSSR count). The second-order valence-electron chi connectivity index (χ2n) is 4.57. The number of hydrogen-bond donors (Lipinski definition) is 2. The Hall–Kier alpha value is -2.04. The Labute approximate surface area is 121 Å². The fraction of sp³-hybridized carbons (Fsp3) is 0.125. The van der Waals surface area contributed by atoms with Crippen LogP contribution in [0.4, 0.5) is 0 Å². The van der Waals surface area contributed by atoms with Gasteiger partial charge in [0.2, 0.25) is 0 Å². The molecular weight excluding hydrogens is 270 g/mol. The second kappa shape index (κ2) is 5.53. The van der Waals surface area contributed by atoms with E-state index in [4.69, 9.17) is 10.5 Å². The third-order valence-electron chi connectivity index (χ3n) is 3.09. The van der Waals surface area contributed by atoms with Gasteiger partial charge in [-0.05, 0) is 47.3 Å². The van der Waals surface area contributed by atoms with E-state index in [0.29, 0.717) is 13.2 Å². The van der Waals surface area contributed by atoms with E-state index in [9.17, 15) is 5.11 Å². The molecule has 0 atom stereocenters. The molecule has 0 aliphatic heterocycles. The molecule has 20 heavy (non-hydrogen) atoms. The van der Waals surface area contributed by atoms with Crippen molar-refractivity contribution >= 4 is 21.4 Å². The molecule has 0 amide bonds. The molecule has 0 radical (unpaired) electrons. The van der Waals surface area contributed by atoms with E-state index < -0.39 is 0 Å². The molecule has 3 N–H and O–H groups in total. The van der Waals surface area contributed by atoms with Crippen molar-refractivity contribution in [1.82, 2.24) is 0 Å². The Morgan fingerprint density at radius 3 is 2.60 bits per heavy atom. The maximum atomic E-state index is 9.22. The minimum Gasteiger partial charge on any atom is -0.508 e. The van der Waals surface area contributed by atoms with E-state index in [1.54, 1.807) is 35.6 Å². The predicted molar refractivity (Wildman–Crippen MR) is 82.2 cm³/mol. The fourth-order valence-corrected chi connectivity index (χ4v) is 3.07. The normalized spacial score (nSPS) is 10.8. The predicted octanol–water partition coefficient (Wildman–Crippen LogP) is 3.64. The number of rotatable bonds is 4. The van der Waals surface area contributed by atoms with Crippen LogP contribution in [-0.4, -0.2) is 5.11 Å². The molecule has 3 aromatic rings. The van der Waals surface area contributed by atoms with Gasteiger partial charge in [0, 0.05) is 16.1 Å². The summed E-state index contributed by atoms with van der Waals surface area (Å²) >= 11 is 1.72. The minimum absolute atomic E-state index is 0.244. The monoisotopic (exact) mass is 285 g/mol. The minimum atomic E-state index is 0.244. The summed E-state index contributed by atoms with van der Waals surface area (Å²) < 4.78 is 6.94. The standard InChI is InChI=1S/C16H15NO2S/c17-9-11-1-2-12-8-15(20-16(12)7-11)10-19-14-5-3-13(18)4-6-14/h1-8,18H,9-10,17H2. The van der Waals surface area contributed by atoms with Gasteiger partial charge >= 0.3 is 0 Å². The number of ether oxygens (including phenoxy) is 1. The van der Waals surface area contributed by atoms with Crippen LogP contribution in [0.5, 0.6) is 11.5 Å². The van der Waals surface area contributed by atoms with E-state index in [1.807, 2.05) is 0 Å². The van der Waals surface area contributed by atoms with E-state index in [1.165, 1.54) is 15.0 Å². The van der Waals surface area contributed by atoms with Gasteiger partial charge in [-0.3, -0.25) is 0 Å². The molecule has 0 bridgehead atoms. The van der Waals surface area contributed by atoms with E-state index in [-0.39, 0.29) is 5.75 Å². The van der Waals surface area contributed by atoms with Gasteiger partial charge in [0.15, 0.2) is 0 Å². The highest BCUT2D eigenvalue weighted by atomic mass is 32.1. The van der Waals surface area contributed by atoms with Crippen molar-refractivity contribution in [3.05, 3.63) is 59.0 Å². The van der Waals surface area contributed by atoms with Crippen molar-refractivity contribution in [2.45, 2.75) is 13.2 Å². The van der Waals surface area contributed by atoms with Crippen molar-refractivity contribution in [3.8, 4) is 11.5 Å². The number of hydrogen-bond acceptors (Lipinski definition) is 4. The molecule has 0 aliphatic carbocycles. The van der Waals surface area contributed by atoms with Gasteiger partial charge in [-0.1, -0.05) is 12.1 Å². The zero-order valence-corrected chi connectivity index (χ0v) is 11.7. The number of thiophene rings is 1. The summed E-state index contributed by atoms with van der Waals surface area (Å²) in [7, 11) is 0. The third kappa shape index (κ3) is 2.76. The highest BCUT2D eigenvalue weighted by molar-refractivity contribution is 7.19. The molecule has 4 heteroatoms. The Balaban J connectivity index is 1.75. The molecule has 0 fully saturated rings. The molecule has 102 valence electrons. The molecule has 0 saturated heterocycles. The van der Waals surface area contributed by atoms with Crippen LogP contribution in [0.1, 0.15) is 10.4 Å². The average Bonchev–Trinajstić information content (AvgIpc) is 2.88. The van der Waals surface area contributed by atoms with Gasteiger partial charge in [0.1, 0.15) is 18.1 Å². The quantitative estimate of drug-likeness (QED) is 0.769. The van der Waals surface area contributed by atoms with Crippen LogP contribution in [0.15, 0.2) is 48.5 Å². The van der Waals surface area contributed by atoms with Crippen molar-refractivity contribution in [3.63, 3.8) is 0 Å². The average molecular weight is 285 g/mol. The van der Waals surface area contributed by atoms with Crippen molar-refractivity contribution in [2.24, 2.45) is 5.73 Å². The zero-order chi connectivity index (χ0) is 13.9. The van der Waals surface area contributed by atoms with Crippen molar-refractivity contribution < 1.29 is 9.84 Å². The van der Waals surface area contributed by atoms with Crippen LogP contribution in [0, 0.1) is 0 Å². The van der Waals surface area contributed by atoms with Crippen LogP contribution in [0.25, 0.3) is 10.1 Å². The van der Waals surface area contributed by atoms with Crippen LogP contribution < -0.4 is 10.5 Å². The van der Waals surface area contributed by atoms with Gasteiger partial charge < -0.3 is 15.6 Å². The highest BCUT2D eigenvalue weighted by Crippen LogP contribution is 2.28. The van der Waals surface area contributed by atoms with E-state index in [2.05, 4.69) is 24.3 Å². The van der Waals surface area contributed by atoms with Gasteiger partial charge in [-0.15, -0.1) is 11.3 Å². The van der Waals surface area contributed by atoms with Crippen LogP contribution in [0.3, 0.4) is 0 Å². The number of phenolic OH excluding ortho intramolecular Hbond substituents is 1. The maximum Gasteiger partial charge on any atom is 0.122 e. The van der Waals surface area contributed by atoms with Crippen LogP contribution in [-0.2, 0) is 13.2 Å². The first-order chi connectivity index (χ1) is 9.74. The molecule has 0 aliphatic rings. The lowest BCUT2D eigenvalue weighted by molar-refractivity contribution is 0.309. The zero-order valence-electron chi connectivity index (χ0n) is 10.9. The number of fused-ring (bicyclic) bond motifs is 1. The lowest BCUT2D eigenvalue weighted by Crippen LogP contribution is -1.94. The molecule has 1 aromatic heterocycles. The second-order valence-corrected chi connectivity index (χ2v) is 5.74. The van der Waals surface area contributed by atoms with E-state index in [0.717, 1.165) is 11.3 Å². The summed E-state index contributed by atoms with van der Waals surface area (Å²) in [4.78, 5) is 1.17. The summed E-state index contributed by atoms with van der Waals surface area (Å²) in [6.07, 6.45) is 0. The lowest BCUT2D eigenvalue weighted by Gasteiger charge is -2.03. The first-order valence-electron chi connectivity index (χ1n) is 6.38. The Kier molecular flexibility index (Phi) is 3.58. The Bertz CT molecular complexity index is 719. The summed E-state index contributed by atoms with van der Waals surface area (Å²) in [5, 5.41) is 10.4. The smallest absolute Gasteiger partial charge is 0.122 e. The molecule has 3 nitrogen and oxygen atoms in total. The Morgan fingerprint density at radius 2 is 1.85 bits per heavy atom. The van der Waals surface area contributed by atoms with Crippen LogP contribution >= 0.6 is 11.3 Å². The van der Waals surface area contributed by atoms with Gasteiger partial charge in [0.05, 0.1) is 0 Å².